The van der Waals surface area contributed by atoms with Crippen LogP contribution in [0.15, 0.2) is 21.9 Å². The molecule has 0 saturated carbocycles. The first-order valence-corrected chi connectivity index (χ1v) is 5.58. The lowest BCUT2D eigenvalue weighted by Gasteiger charge is -2.26. The van der Waals surface area contributed by atoms with Crippen LogP contribution in [-0.2, 0) is 4.74 Å². The maximum atomic E-state index is 11.7. The maximum Gasteiger partial charge on any atom is 0.330 e. The van der Waals surface area contributed by atoms with Crippen molar-refractivity contribution < 1.29 is 16.3 Å². The van der Waals surface area contributed by atoms with E-state index in [1.807, 2.05) is 4.98 Å². The topological polar surface area (TPSA) is 105 Å². The Balaban J connectivity index is 2.52. The fraction of sp³-hybridized carbons (Fsp3) is 0.600. The van der Waals surface area contributed by atoms with E-state index in [0.717, 1.165) is 16.8 Å². The SMILES string of the molecule is [2H][C@]1(O)[C@@H](CO)O[C@@H](n2ccc(=O)[nH]c2=O)[C@]1(C)Cl. The smallest absolute Gasteiger partial charge is 0.330 e. The van der Waals surface area contributed by atoms with Crippen molar-refractivity contribution in [1.82, 2.24) is 9.55 Å². The normalized spacial score (nSPS) is 40.8. The highest BCUT2D eigenvalue weighted by Gasteiger charge is 2.53. The number of hydrogen-bond acceptors (Lipinski definition) is 5. The van der Waals surface area contributed by atoms with E-state index >= 15 is 0 Å². The van der Waals surface area contributed by atoms with E-state index in [0.29, 0.717) is 0 Å². The number of nitrogens with zero attached hydrogens (tertiary/aromatic N) is 1. The van der Waals surface area contributed by atoms with Gasteiger partial charge in [0, 0.05) is 12.3 Å². The van der Waals surface area contributed by atoms with Crippen LogP contribution in [0, 0.1) is 0 Å². The monoisotopic (exact) mass is 277 g/mol. The summed E-state index contributed by atoms with van der Waals surface area (Å²) in [5.41, 5.74) is -1.37. The third-order valence-electron chi connectivity index (χ3n) is 2.83. The molecule has 1 aliphatic heterocycles. The minimum atomic E-state index is -2.29. The van der Waals surface area contributed by atoms with Crippen LogP contribution in [0.3, 0.4) is 0 Å². The van der Waals surface area contributed by atoms with Gasteiger partial charge in [-0.1, -0.05) is 0 Å². The zero-order valence-corrected chi connectivity index (χ0v) is 10.2. The average molecular weight is 278 g/mol. The zero-order valence-electron chi connectivity index (χ0n) is 10.5. The summed E-state index contributed by atoms with van der Waals surface area (Å²) in [5.74, 6) is 0. The van der Waals surface area contributed by atoms with Gasteiger partial charge in [-0.05, 0) is 6.92 Å². The molecule has 4 atom stereocenters. The van der Waals surface area contributed by atoms with Crippen LogP contribution in [0.1, 0.15) is 14.5 Å². The van der Waals surface area contributed by atoms with E-state index in [9.17, 15) is 14.7 Å². The molecular weight excluding hydrogens is 264 g/mol. The van der Waals surface area contributed by atoms with Crippen molar-refractivity contribution in [1.29, 1.82) is 0 Å². The van der Waals surface area contributed by atoms with Gasteiger partial charge in [-0.15, -0.1) is 11.6 Å². The zero-order chi connectivity index (χ0) is 14.4. The second kappa shape index (κ2) is 4.51. The maximum absolute atomic E-state index is 11.7. The van der Waals surface area contributed by atoms with Crippen LogP contribution in [0.2, 0.25) is 0 Å². The molecule has 0 aliphatic carbocycles. The summed E-state index contributed by atoms with van der Waals surface area (Å²) < 4.78 is 14.0. The molecule has 0 amide bonds. The fourth-order valence-corrected chi connectivity index (χ4v) is 2.14. The van der Waals surface area contributed by atoms with E-state index in [-0.39, 0.29) is 0 Å². The first-order chi connectivity index (χ1) is 8.71. The second-order valence-electron chi connectivity index (χ2n) is 4.14. The van der Waals surface area contributed by atoms with Crippen LogP contribution < -0.4 is 11.2 Å². The molecule has 2 rings (SSSR count). The molecule has 2 heterocycles. The number of nitrogens with one attached hydrogen (secondary N) is 1. The molecule has 0 unspecified atom stereocenters. The minimum absolute atomic E-state index is 0.588. The van der Waals surface area contributed by atoms with Gasteiger partial charge in [0.25, 0.3) is 5.56 Å². The number of ether oxygens (including phenoxy) is 1. The van der Waals surface area contributed by atoms with Crippen LogP contribution in [-0.4, -0.2) is 43.4 Å². The third-order valence-corrected chi connectivity index (χ3v) is 3.21. The highest BCUT2D eigenvalue weighted by atomic mass is 35.5. The van der Waals surface area contributed by atoms with E-state index in [1.54, 1.807) is 0 Å². The summed E-state index contributed by atoms with van der Waals surface area (Å²) in [5, 5.41) is 19.1. The van der Waals surface area contributed by atoms with Gasteiger partial charge in [0.2, 0.25) is 0 Å². The van der Waals surface area contributed by atoms with Gasteiger partial charge in [-0.2, -0.15) is 0 Å². The second-order valence-corrected chi connectivity index (χ2v) is 4.92. The summed E-state index contributed by atoms with van der Waals surface area (Å²) in [6.45, 7) is 0.691. The number of aliphatic hydroxyl groups excluding tert-OH is 1. The van der Waals surface area contributed by atoms with Crippen molar-refractivity contribution in [3.63, 3.8) is 0 Å². The first kappa shape index (κ1) is 11.9. The molecule has 1 fully saturated rings. The summed E-state index contributed by atoms with van der Waals surface area (Å²) in [7, 11) is 0. The lowest BCUT2D eigenvalue weighted by atomic mass is 10.0. The van der Waals surface area contributed by atoms with Crippen molar-refractivity contribution in [3.05, 3.63) is 33.1 Å². The fourth-order valence-electron chi connectivity index (χ4n) is 1.86. The van der Waals surface area contributed by atoms with Gasteiger partial charge in [-0.3, -0.25) is 14.3 Å². The minimum Gasteiger partial charge on any atom is -0.394 e. The summed E-state index contributed by atoms with van der Waals surface area (Å²) >= 11 is 6.12. The van der Waals surface area contributed by atoms with Gasteiger partial charge in [-0.25, -0.2) is 4.79 Å². The van der Waals surface area contributed by atoms with Crippen molar-refractivity contribution in [2.75, 3.05) is 6.61 Å². The molecule has 100 valence electrons. The predicted molar refractivity (Wildman–Crippen MR) is 62.6 cm³/mol. The number of rotatable bonds is 2. The molecule has 8 heteroatoms. The molecule has 0 radical (unpaired) electrons. The Kier molecular flexibility index (Phi) is 2.98. The Hall–Kier alpha value is -1.15. The van der Waals surface area contributed by atoms with E-state index in [2.05, 4.69) is 0 Å². The number of aromatic nitrogens is 2. The van der Waals surface area contributed by atoms with Gasteiger partial charge in [0.1, 0.15) is 17.1 Å². The van der Waals surface area contributed by atoms with E-state index in [1.165, 1.54) is 6.92 Å². The number of alkyl halides is 1. The first-order valence-electron chi connectivity index (χ1n) is 5.71. The number of aromatic amines is 1. The molecule has 0 bridgehead atoms. The standard InChI is InChI=1S/C10H13ClN2O5/c1-10(11)7(16)5(4-14)18-8(10)13-3-2-6(15)12-9(13)17/h2-3,5,7-8,14,16H,4H2,1H3,(H,12,15,17)/t5-,7+,8-,10-/m1/s1/i7D. The molecule has 7 nitrogen and oxygen atoms in total. The summed E-state index contributed by atoms with van der Waals surface area (Å²) in [6, 6.07) is 1.09. The number of aliphatic hydroxyl groups is 2. The van der Waals surface area contributed by atoms with E-state index in [4.69, 9.17) is 22.8 Å². The molecule has 0 aromatic carbocycles. The van der Waals surface area contributed by atoms with E-state index < -0.39 is 41.1 Å². The largest absolute Gasteiger partial charge is 0.394 e. The number of H-pyrrole nitrogens is 1. The number of hydrogen-bond donors (Lipinski definition) is 3. The summed E-state index contributed by atoms with van der Waals surface area (Å²) in [6.07, 6.45) is -3.59. The molecule has 1 saturated heterocycles. The molecule has 18 heavy (non-hydrogen) atoms. The Morgan fingerprint density at radius 1 is 1.72 bits per heavy atom. The van der Waals surface area contributed by atoms with Gasteiger partial charge in [0.15, 0.2) is 6.23 Å². The van der Waals surface area contributed by atoms with Crippen molar-refractivity contribution in [3.8, 4) is 0 Å². The molecule has 1 aliphatic rings. The highest BCUT2D eigenvalue weighted by molar-refractivity contribution is 6.24. The van der Waals surface area contributed by atoms with Gasteiger partial charge >= 0.3 is 5.69 Å². The highest BCUT2D eigenvalue weighted by Crippen LogP contribution is 2.42. The third kappa shape index (κ3) is 1.99. The van der Waals surface area contributed by atoms with Crippen LogP contribution >= 0.6 is 11.6 Å². The van der Waals surface area contributed by atoms with Crippen molar-refractivity contribution in [2.45, 2.75) is 30.2 Å². The van der Waals surface area contributed by atoms with Gasteiger partial charge in [0.05, 0.1) is 7.98 Å². The van der Waals surface area contributed by atoms with Gasteiger partial charge < -0.3 is 14.9 Å². The number of halogens is 1. The lowest BCUT2D eigenvalue weighted by Crippen LogP contribution is -2.42. The quantitative estimate of drug-likeness (QED) is 0.588. The molecular formula is C10H13ClN2O5. The molecule has 1 aromatic heterocycles. The van der Waals surface area contributed by atoms with Crippen LogP contribution in [0.4, 0.5) is 0 Å². The Bertz CT molecular complexity index is 596. The van der Waals surface area contributed by atoms with Crippen molar-refractivity contribution >= 4 is 11.6 Å². The molecule has 1 aromatic rings. The Morgan fingerprint density at radius 3 is 2.89 bits per heavy atom. The Labute approximate surface area is 108 Å². The average Bonchev–Trinajstić information content (AvgIpc) is 2.47. The van der Waals surface area contributed by atoms with Crippen LogP contribution in [0.25, 0.3) is 0 Å². The molecule has 0 spiro atoms. The van der Waals surface area contributed by atoms with Crippen LogP contribution in [0.5, 0.6) is 0 Å². The lowest BCUT2D eigenvalue weighted by molar-refractivity contribution is -0.0470. The summed E-state index contributed by atoms with van der Waals surface area (Å²) in [4.78, 5) is 23.0. The predicted octanol–water partition coefficient (Wildman–Crippen LogP) is -1.22. The Morgan fingerprint density at radius 2 is 2.39 bits per heavy atom. The molecule has 3 N–H and O–H groups in total. The van der Waals surface area contributed by atoms with Crippen molar-refractivity contribution in [2.24, 2.45) is 0 Å².